The largest absolute Gasteiger partial charge is 0.444 e. The van der Waals surface area contributed by atoms with E-state index < -0.39 is 21.7 Å². The van der Waals surface area contributed by atoms with Crippen molar-refractivity contribution in [1.82, 2.24) is 19.3 Å². The molecule has 176 valence electrons. The van der Waals surface area contributed by atoms with Crippen LogP contribution in [0, 0.1) is 6.92 Å². The first-order valence-electron chi connectivity index (χ1n) is 10.9. The molecule has 10 heteroatoms. The van der Waals surface area contributed by atoms with Crippen LogP contribution in [0.3, 0.4) is 0 Å². The number of aryl methyl sites for hydroxylation is 1. The van der Waals surface area contributed by atoms with E-state index in [-0.39, 0.29) is 10.9 Å². The van der Waals surface area contributed by atoms with E-state index in [4.69, 9.17) is 4.74 Å². The Kier molecular flexibility index (Phi) is 6.04. The summed E-state index contributed by atoms with van der Waals surface area (Å²) in [5.41, 5.74) is 0.384. The van der Waals surface area contributed by atoms with Crippen molar-refractivity contribution in [2.45, 2.75) is 57.1 Å². The molecule has 2 aromatic heterocycles. The number of fused-ring (bicyclic) bond motifs is 1. The molecule has 1 amide bonds. The summed E-state index contributed by atoms with van der Waals surface area (Å²) >= 11 is 0. The van der Waals surface area contributed by atoms with Crippen molar-refractivity contribution in [2.24, 2.45) is 0 Å². The van der Waals surface area contributed by atoms with Gasteiger partial charge in [-0.25, -0.2) is 27.2 Å². The minimum Gasteiger partial charge on any atom is -0.444 e. The highest BCUT2D eigenvalue weighted by Gasteiger charge is 2.28. The second kappa shape index (κ2) is 8.66. The molecule has 0 spiro atoms. The minimum atomic E-state index is -3.79. The second-order valence-electron chi connectivity index (χ2n) is 9.21. The Morgan fingerprint density at radius 2 is 1.79 bits per heavy atom. The van der Waals surface area contributed by atoms with E-state index in [2.05, 4.69) is 20.2 Å². The Morgan fingerprint density at radius 3 is 2.42 bits per heavy atom. The molecule has 0 atom stereocenters. The summed E-state index contributed by atoms with van der Waals surface area (Å²) < 4.78 is 33.2. The lowest BCUT2D eigenvalue weighted by molar-refractivity contribution is 0.0497. The average molecular weight is 472 g/mol. The number of rotatable bonds is 4. The fraction of sp³-hybridized carbons (Fsp3) is 0.435. The molecule has 0 bridgehead atoms. The van der Waals surface area contributed by atoms with Gasteiger partial charge in [0, 0.05) is 24.8 Å². The van der Waals surface area contributed by atoms with Gasteiger partial charge in [-0.3, -0.25) is 0 Å². The number of nitrogens with one attached hydrogen (secondary N) is 1. The van der Waals surface area contributed by atoms with Gasteiger partial charge in [0.05, 0.1) is 10.3 Å². The molecule has 0 unspecified atom stereocenters. The molecule has 1 fully saturated rings. The molecule has 0 aliphatic carbocycles. The van der Waals surface area contributed by atoms with E-state index in [0.717, 1.165) is 12.8 Å². The highest BCUT2D eigenvalue weighted by Crippen LogP contribution is 2.30. The number of nitrogens with zero attached hydrogens (tertiary/aromatic N) is 4. The third kappa shape index (κ3) is 4.80. The third-order valence-electron chi connectivity index (χ3n) is 5.50. The number of amides is 1. The minimum absolute atomic E-state index is 0.0122. The van der Waals surface area contributed by atoms with E-state index in [0.29, 0.717) is 35.6 Å². The lowest BCUT2D eigenvalue weighted by Crippen LogP contribution is -2.46. The van der Waals surface area contributed by atoms with Crippen molar-refractivity contribution in [1.29, 1.82) is 0 Å². The number of carbonyl (C=O) groups is 1. The van der Waals surface area contributed by atoms with Gasteiger partial charge in [0.15, 0.2) is 5.65 Å². The first-order valence-corrected chi connectivity index (χ1v) is 12.4. The zero-order chi connectivity index (χ0) is 23.8. The first kappa shape index (κ1) is 23.0. The van der Waals surface area contributed by atoms with E-state index in [1.54, 1.807) is 37.3 Å². The predicted molar refractivity (Wildman–Crippen MR) is 126 cm³/mol. The molecule has 9 nitrogen and oxygen atoms in total. The smallest absolute Gasteiger partial charge is 0.407 e. The van der Waals surface area contributed by atoms with Crippen molar-refractivity contribution >= 4 is 33.0 Å². The molecule has 3 aromatic rings. The molecule has 1 aliphatic rings. The summed E-state index contributed by atoms with van der Waals surface area (Å²) in [6.07, 6.45) is 2.45. The third-order valence-corrected chi connectivity index (χ3v) is 7.31. The Balaban J connectivity index is 1.56. The summed E-state index contributed by atoms with van der Waals surface area (Å²) in [5.74, 6) is 0.695. The SMILES string of the molecule is Cc1cc2c(N3CCC(NC(=O)OC(C)(C)C)CC3)ncnc2n1S(=O)(=O)c1ccccc1. The van der Waals surface area contributed by atoms with Gasteiger partial charge in [0.1, 0.15) is 17.7 Å². The molecule has 33 heavy (non-hydrogen) atoms. The van der Waals surface area contributed by atoms with Crippen molar-refractivity contribution in [2.75, 3.05) is 18.0 Å². The molecule has 3 heterocycles. The lowest BCUT2D eigenvalue weighted by atomic mass is 10.1. The average Bonchev–Trinajstić information content (AvgIpc) is 3.10. The Hall–Kier alpha value is -3.14. The number of anilines is 1. The van der Waals surface area contributed by atoms with Crippen molar-refractivity contribution in [3.8, 4) is 0 Å². The normalized spacial score (nSPS) is 15.6. The summed E-state index contributed by atoms with van der Waals surface area (Å²) in [4.78, 5) is 23.2. The lowest BCUT2D eigenvalue weighted by Gasteiger charge is -2.33. The van der Waals surface area contributed by atoms with Crippen molar-refractivity contribution in [3.05, 3.63) is 48.4 Å². The first-order chi connectivity index (χ1) is 15.6. The Morgan fingerprint density at radius 1 is 1.12 bits per heavy atom. The molecule has 1 saturated heterocycles. The van der Waals surface area contributed by atoms with E-state index >= 15 is 0 Å². The molecular weight excluding hydrogens is 442 g/mol. The van der Waals surface area contributed by atoms with Crippen LogP contribution in [0.5, 0.6) is 0 Å². The zero-order valence-corrected chi connectivity index (χ0v) is 20.1. The van der Waals surface area contributed by atoms with Crippen LogP contribution in [0.4, 0.5) is 10.6 Å². The molecule has 0 radical (unpaired) electrons. The van der Waals surface area contributed by atoms with Gasteiger partial charge in [0.25, 0.3) is 10.0 Å². The van der Waals surface area contributed by atoms with Crippen LogP contribution in [0.25, 0.3) is 11.0 Å². The second-order valence-corrected chi connectivity index (χ2v) is 11.0. The number of hydrogen-bond acceptors (Lipinski definition) is 7. The van der Waals surface area contributed by atoms with Gasteiger partial charge in [-0.2, -0.15) is 0 Å². The quantitative estimate of drug-likeness (QED) is 0.621. The maximum atomic E-state index is 13.3. The number of aromatic nitrogens is 3. The maximum Gasteiger partial charge on any atom is 0.407 e. The number of piperidine rings is 1. The summed E-state index contributed by atoms with van der Waals surface area (Å²) in [7, 11) is -3.79. The van der Waals surface area contributed by atoms with Crippen molar-refractivity contribution in [3.63, 3.8) is 0 Å². The van der Waals surface area contributed by atoms with E-state index in [9.17, 15) is 13.2 Å². The highest BCUT2D eigenvalue weighted by atomic mass is 32.2. The molecule has 0 saturated carbocycles. The topological polar surface area (TPSA) is 106 Å². The summed E-state index contributed by atoms with van der Waals surface area (Å²) in [6.45, 7) is 8.60. The standard InChI is InChI=1S/C23H29N5O4S/c1-16-14-19-20(27-12-10-17(11-13-27)26-22(29)32-23(2,3)4)24-15-25-21(19)28(16)33(30,31)18-8-6-5-7-9-18/h5-9,14-15,17H,10-13H2,1-4H3,(H,26,29). The van der Waals surface area contributed by atoms with Gasteiger partial charge in [-0.05, 0) is 58.7 Å². The van der Waals surface area contributed by atoms with Gasteiger partial charge >= 0.3 is 6.09 Å². The van der Waals surface area contributed by atoms with E-state index in [1.807, 2.05) is 26.8 Å². The number of alkyl carbamates (subject to hydrolysis) is 1. The molecular formula is C23H29N5O4S. The number of ether oxygens (including phenoxy) is 1. The number of carbonyl (C=O) groups excluding carboxylic acids is 1. The zero-order valence-electron chi connectivity index (χ0n) is 19.3. The summed E-state index contributed by atoms with van der Waals surface area (Å²) in [5, 5.41) is 3.62. The summed E-state index contributed by atoms with van der Waals surface area (Å²) in [6, 6.07) is 10.2. The molecule has 1 aliphatic heterocycles. The fourth-order valence-corrected chi connectivity index (χ4v) is 5.58. The van der Waals surface area contributed by atoms with Crippen LogP contribution in [-0.4, -0.2) is 53.2 Å². The Bertz CT molecular complexity index is 1260. The van der Waals surface area contributed by atoms with Crippen LogP contribution >= 0.6 is 0 Å². The van der Waals surface area contributed by atoms with Crippen LogP contribution in [0.15, 0.2) is 47.6 Å². The maximum absolute atomic E-state index is 13.3. The van der Waals surface area contributed by atoms with Crippen LogP contribution < -0.4 is 10.2 Å². The number of hydrogen-bond donors (Lipinski definition) is 1. The fourth-order valence-electron chi connectivity index (χ4n) is 4.07. The van der Waals surface area contributed by atoms with Gasteiger partial charge in [-0.15, -0.1) is 0 Å². The van der Waals surface area contributed by atoms with Crippen LogP contribution in [0.1, 0.15) is 39.3 Å². The predicted octanol–water partition coefficient (Wildman–Crippen LogP) is 3.47. The highest BCUT2D eigenvalue weighted by molar-refractivity contribution is 7.90. The number of benzene rings is 1. The van der Waals surface area contributed by atoms with Gasteiger partial charge < -0.3 is 15.0 Å². The Labute approximate surface area is 193 Å². The van der Waals surface area contributed by atoms with E-state index in [1.165, 1.54) is 10.3 Å². The van der Waals surface area contributed by atoms with Gasteiger partial charge in [0.2, 0.25) is 0 Å². The van der Waals surface area contributed by atoms with Gasteiger partial charge in [-0.1, -0.05) is 18.2 Å². The van der Waals surface area contributed by atoms with Crippen molar-refractivity contribution < 1.29 is 17.9 Å². The van der Waals surface area contributed by atoms with Crippen LogP contribution in [0.2, 0.25) is 0 Å². The van der Waals surface area contributed by atoms with Crippen LogP contribution in [-0.2, 0) is 14.8 Å². The molecule has 1 N–H and O–H groups in total. The monoisotopic (exact) mass is 471 g/mol. The molecule has 1 aromatic carbocycles. The molecule has 4 rings (SSSR count).